The number of benzene rings is 1. The van der Waals surface area contributed by atoms with Gasteiger partial charge in [-0.2, -0.15) is 0 Å². The molecule has 0 bridgehead atoms. The minimum absolute atomic E-state index is 0.0362. The van der Waals surface area contributed by atoms with Gasteiger partial charge in [-0.3, -0.25) is 4.79 Å². The molecule has 0 saturated carbocycles. The summed E-state index contributed by atoms with van der Waals surface area (Å²) in [6.45, 7) is 8.29. The van der Waals surface area contributed by atoms with Gasteiger partial charge in [0.2, 0.25) is 0 Å². The van der Waals surface area contributed by atoms with E-state index in [9.17, 15) is 4.79 Å². The first-order valence-corrected chi connectivity index (χ1v) is 6.33. The van der Waals surface area contributed by atoms with Crippen molar-refractivity contribution in [3.05, 3.63) is 28.8 Å². The molecule has 1 unspecified atom stereocenters. The third kappa shape index (κ3) is 3.70. The molecule has 0 heterocycles. The second-order valence-electron chi connectivity index (χ2n) is 5.86. The molecule has 0 aliphatic heterocycles. The lowest BCUT2D eigenvalue weighted by Gasteiger charge is -2.25. The smallest absolute Gasteiger partial charge is 0.305 e. The van der Waals surface area contributed by atoms with Gasteiger partial charge in [0, 0.05) is 6.04 Å². The van der Waals surface area contributed by atoms with Gasteiger partial charge in [-0.25, -0.2) is 0 Å². The van der Waals surface area contributed by atoms with Gasteiger partial charge in [-0.15, -0.1) is 0 Å². The molecule has 1 atom stereocenters. The maximum Gasteiger partial charge on any atom is 0.305 e. The van der Waals surface area contributed by atoms with E-state index in [2.05, 4.69) is 20.8 Å². The molecule has 0 fully saturated rings. The van der Waals surface area contributed by atoms with E-state index in [-0.39, 0.29) is 11.8 Å². The van der Waals surface area contributed by atoms with Crippen molar-refractivity contribution >= 4 is 5.97 Å². The second kappa shape index (κ2) is 5.61. The van der Waals surface area contributed by atoms with Gasteiger partial charge in [0.25, 0.3) is 0 Å². The summed E-state index contributed by atoms with van der Waals surface area (Å²) < 4.78 is 5.42. The summed E-state index contributed by atoms with van der Waals surface area (Å²) in [5.41, 5.74) is 8.83. The fourth-order valence-electron chi connectivity index (χ4n) is 2.16. The second-order valence-corrected chi connectivity index (χ2v) is 5.86. The number of aryl methyl sites for hydroxylation is 1. The molecule has 1 aromatic rings. The molecular weight excluding hydrogens is 242 g/mol. The summed E-state index contributed by atoms with van der Waals surface area (Å²) in [4.78, 5) is 10.8. The molecule has 0 radical (unpaired) electrons. The number of carboxylic acids is 1. The van der Waals surface area contributed by atoms with Crippen molar-refractivity contribution in [2.75, 3.05) is 7.11 Å². The van der Waals surface area contributed by atoms with Gasteiger partial charge in [0.1, 0.15) is 5.75 Å². The van der Waals surface area contributed by atoms with Crippen LogP contribution in [-0.2, 0) is 10.2 Å². The number of hydrogen-bond acceptors (Lipinski definition) is 3. The van der Waals surface area contributed by atoms with Gasteiger partial charge in [-0.05, 0) is 35.1 Å². The van der Waals surface area contributed by atoms with Crippen LogP contribution in [0.15, 0.2) is 12.1 Å². The average molecular weight is 265 g/mol. The Morgan fingerprint density at radius 2 is 2.00 bits per heavy atom. The van der Waals surface area contributed by atoms with Crippen molar-refractivity contribution < 1.29 is 14.6 Å². The Hall–Kier alpha value is -1.55. The van der Waals surface area contributed by atoms with Crippen molar-refractivity contribution in [2.45, 2.75) is 45.6 Å². The first-order valence-electron chi connectivity index (χ1n) is 6.33. The first-order chi connectivity index (χ1) is 8.66. The van der Waals surface area contributed by atoms with Crippen LogP contribution in [0.2, 0.25) is 0 Å². The Kier molecular flexibility index (Phi) is 4.58. The molecule has 19 heavy (non-hydrogen) atoms. The van der Waals surface area contributed by atoms with Gasteiger partial charge >= 0.3 is 5.97 Å². The Morgan fingerprint density at radius 1 is 1.42 bits per heavy atom. The van der Waals surface area contributed by atoms with Crippen LogP contribution >= 0.6 is 0 Å². The van der Waals surface area contributed by atoms with E-state index in [1.165, 1.54) is 0 Å². The molecule has 0 aromatic heterocycles. The number of ether oxygens (including phenoxy) is 1. The molecule has 0 aliphatic rings. The Bertz CT molecular complexity index is 475. The summed E-state index contributed by atoms with van der Waals surface area (Å²) in [6.07, 6.45) is -0.0845. The van der Waals surface area contributed by atoms with E-state index < -0.39 is 12.0 Å². The molecular formula is C15H23NO3. The van der Waals surface area contributed by atoms with Crippen molar-refractivity contribution in [3.63, 3.8) is 0 Å². The van der Waals surface area contributed by atoms with Crippen LogP contribution in [-0.4, -0.2) is 18.2 Å². The molecule has 4 nitrogen and oxygen atoms in total. The molecule has 4 heteroatoms. The van der Waals surface area contributed by atoms with E-state index in [1.807, 2.05) is 19.1 Å². The normalized spacial score (nSPS) is 13.2. The maximum absolute atomic E-state index is 10.8. The van der Waals surface area contributed by atoms with Crippen molar-refractivity contribution in [2.24, 2.45) is 5.73 Å². The number of methoxy groups -OCH3 is 1. The van der Waals surface area contributed by atoms with E-state index in [0.29, 0.717) is 0 Å². The average Bonchev–Trinajstić information content (AvgIpc) is 2.26. The highest BCUT2D eigenvalue weighted by Crippen LogP contribution is 2.35. The van der Waals surface area contributed by atoms with E-state index in [1.54, 1.807) is 7.11 Å². The molecule has 3 N–H and O–H groups in total. The van der Waals surface area contributed by atoms with Crippen molar-refractivity contribution in [3.8, 4) is 5.75 Å². The monoisotopic (exact) mass is 265 g/mol. The number of carbonyl (C=O) groups is 1. The summed E-state index contributed by atoms with van der Waals surface area (Å²) in [5.74, 6) is -0.139. The lowest BCUT2D eigenvalue weighted by atomic mass is 9.83. The summed E-state index contributed by atoms with van der Waals surface area (Å²) in [6, 6.07) is 3.39. The van der Waals surface area contributed by atoms with Crippen LogP contribution in [0.3, 0.4) is 0 Å². The van der Waals surface area contributed by atoms with Crippen LogP contribution in [0, 0.1) is 6.92 Å². The van der Waals surface area contributed by atoms with Gasteiger partial charge in [0.05, 0.1) is 13.5 Å². The number of hydrogen-bond donors (Lipinski definition) is 2. The van der Waals surface area contributed by atoms with Gasteiger partial charge < -0.3 is 15.6 Å². The highest BCUT2D eigenvalue weighted by atomic mass is 16.5. The van der Waals surface area contributed by atoms with Crippen molar-refractivity contribution in [1.82, 2.24) is 0 Å². The molecule has 106 valence electrons. The maximum atomic E-state index is 10.8. The zero-order chi connectivity index (χ0) is 14.8. The number of nitrogens with two attached hydrogens (primary N) is 1. The highest BCUT2D eigenvalue weighted by molar-refractivity contribution is 5.68. The third-order valence-electron chi connectivity index (χ3n) is 3.19. The lowest BCUT2D eigenvalue weighted by Crippen LogP contribution is -2.18. The molecule has 0 saturated heterocycles. The van der Waals surface area contributed by atoms with Crippen LogP contribution in [0.5, 0.6) is 5.75 Å². The Labute approximate surface area is 114 Å². The lowest BCUT2D eigenvalue weighted by molar-refractivity contribution is -0.137. The number of carboxylic acid groups (broad SMARTS) is 1. The summed E-state index contributed by atoms with van der Waals surface area (Å²) in [7, 11) is 1.62. The van der Waals surface area contributed by atoms with Gasteiger partial charge in [0.15, 0.2) is 0 Å². The third-order valence-corrected chi connectivity index (χ3v) is 3.19. The fraction of sp³-hybridized carbons (Fsp3) is 0.533. The quantitative estimate of drug-likeness (QED) is 0.878. The zero-order valence-corrected chi connectivity index (χ0v) is 12.3. The topological polar surface area (TPSA) is 72.5 Å². The van der Waals surface area contributed by atoms with E-state index in [4.69, 9.17) is 15.6 Å². The minimum atomic E-state index is -0.897. The van der Waals surface area contributed by atoms with Crippen molar-refractivity contribution in [1.29, 1.82) is 0 Å². The van der Waals surface area contributed by atoms with Crippen LogP contribution < -0.4 is 10.5 Å². The summed E-state index contributed by atoms with van der Waals surface area (Å²) >= 11 is 0. The van der Waals surface area contributed by atoms with E-state index in [0.717, 1.165) is 22.4 Å². The summed E-state index contributed by atoms with van der Waals surface area (Å²) in [5, 5.41) is 8.84. The Morgan fingerprint density at radius 3 is 2.42 bits per heavy atom. The highest BCUT2D eigenvalue weighted by Gasteiger charge is 2.22. The molecule has 0 amide bonds. The minimum Gasteiger partial charge on any atom is -0.496 e. The van der Waals surface area contributed by atoms with E-state index >= 15 is 0 Å². The largest absolute Gasteiger partial charge is 0.496 e. The zero-order valence-electron chi connectivity index (χ0n) is 12.3. The van der Waals surface area contributed by atoms with Gasteiger partial charge in [-0.1, -0.05) is 26.8 Å². The predicted molar refractivity (Wildman–Crippen MR) is 75.6 cm³/mol. The molecule has 1 aromatic carbocycles. The standard InChI is InChI=1S/C15H23NO3/c1-9-6-11(15(2,3)4)13(19-5)7-10(9)12(16)8-14(17)18/h6-7,12H,8,16H2,1-5H3,(H,17,18). The Balaban J connectivity index is 3.27. The number of rotatable bonds is 4. The fourth-order valence-corrected chi connectivity index (χ4v) is 2.16. The predicted octanol–water partition coefficient (Wildman–Crippen LogP) is 2.78. The van der Waals surface area contributed by atoms with Crippen LogP contribution in [0.4, 0.5) is 0 Å². The number of aliphatic carboxylic acids is 1. The first kappa shape index (κ1) is 15.5. The molecule has 0 spiro atoms. The van der Waals surface area contributed by atoms with Crippen LogP contribution in [0.1, 0.15) is 49.9 Å². The molecule has 0 aliphatic carbocycles. The van der Waals surface area contributed by atoms with Crippen LogP contribution in [0.25, 0.3) is 0 Å². The SMILES string of the molecule is COc1cc(C(N)CC(=O)O)c(C)cc1C(C)(C)C. The molecule has 1 rings (SSSR count).